The number of aryl methyl sites for hydroxylation is 1. The molecule has 2 amide bonds. The molecule has 3 N–H and O–H groups in total. The molecule has 0 saturated heterocycles. The number of hydrogen-bond acceptors (Lipinski definition) is 4. The fraction of sp³-hybridized carbons (Fsp3) is 0.538. The minimum atomic E-state index is -1.27. The van der Waals surface area contributed by atoms with Gasteiger partial charge in [-0.3, -0.25) is 9.97 Å². The van der Waals surface area contributed by atoms with Crippen molar-refractivity contribution in [3.05, 3.63) is 23.8 Å². The van der Waals surface area contributed by atoms with Gasteiger partial charge in [0.25, 0.3) is 0 Å². The number of nitrogens with zero attached hydrogens (tertiary/aromatic N) is 2. The number of nitrogens with one attached hydrogen (secondary N) is 2. The summed E-state index contributed by atoms with van der Waals surface area (Å²) in [6.07, 6.45) is 4.19. The van der Waals surface area contributed by atoms with Crippen LogP contribution in [0.5, 0.6) is 0 Å². The molecule has 0 bridgehead atoms. The number of carbonyl (C=O) groups excluding carboxylic acids is 1. The molecule has 20 heavy (non-hydrogen) atoms. The van der Waals surface area contributed by atoms with E-state index in [1.807, 2.05) is 13.8 Å². The first-order valence-corrected chi connectivity index (χ1v) is 6.44. The summed E-state index contributed by atoms with van der Waals surface area (Å²) in [7, 11) is 0. The predicted octanol–water partition coefficient (Wildman–Crippen LogP) is 1.23. The van der Waals surface area contributed by atoms with Gasteiger partial charge in [0.2, 0.25) is 0 Å². The van der Waals surface area contributed by atoms with Crippen LogP contribution in [0.4, 0.5) is 4.79 Å². The van der Waals surface area contributed by atoms with Gasteiger partial charge in [-0.2, -0.15) is 0 Å². The van der Waals surface area contributed by atoms with E-state index in [1.54, 1.807) is 12.4 Å². The molecule has 0 radical (unpaired) electrons. The summed E-state index contributed by atoms with van der Waals surface area (Å²) in [5.74, 6) is -1.05. The summed E-state index contributed by atoms with van der Waals surface area (Å²) in [5, 5.41) is 14.2. The van der Waals surface area contributed by atoms with Gasteiger partial charge in [-0.05, 0) is 20.3 Å². The molecule has 0 aliphatic rings. The molecule has 1 unspecified atom stereocenters. The molecule has 0 aromatic carbocycles. The maximum absolute atomic E-state index is 11.7. The molecule has 1 aromatic heterocycles. The van der Waals surface area contributed by atoms with Crippen LogP contribution in [0, 0.1) is 6.92 Å². The molecule has 0 aliphatic heterocycles. The number of urea groups is 1. The zero-order chi connectivity index (χ0) is 15.2. The maximum Gasteiger partial charge on any atom is 0.329 e. The Labute approximate surface area is 117 Å². The Bertz CT molecular complexity index is 475. The number of hydrogen-bond donors (Lipinski definition) is 3. The topological polar surface area (TPSA) is 104 Å². The molecular formula is C13H20N4O3. The second-order valence-corrected chi connectivity index (χ2v) is 4.84. The third-order valence-electron chi connectivity index (χ3n) is 2.88. The fourth-order valence-electron chi connectivity index (χ4n) is 1.70. The minimum absolute atomic E-state index is 0.195. The van der Waals surface area contributed by atoms with Crippen LogP contribution in [-0.2, 0) is 11.3 Å². The van der Waals surface area contributed by atoms with Crippen LogP contribution < -0.4 is 10.6 Å². The molecule has 7 nitrogen and oxygen atoms in total. The Morgan fingerprint density at radius 2 is 2.05 bits per heavy atom. The monoisotopic (exact) mass is 280 g/mol. The second kappa shape index (κ2) is 6.83. The van der Waals surface area contributed by atoms with Crippen molar-refractivity contribution in [2.45, 2.75) is 45.7 Å². The van der Waals surface area contributed by atoms with E-state index >= 15 is 0 Å². The van der Waals surface area contributed by atoms with Crippen molar-refractivity contribution in [3.63, 3.8) is 0 Å². The number of aromatic nitrogens is 2. The van der Waals surface area contributed by atoms with Crippen molar-refractivity contribution in [3.8, 4) is 0 Å². The third-order valence-corrected chi connectivity index (χ3v) is 2.88. The second-order valence-electron chi connectivity index (χ2n) is 4.84. The largest absolute Gasteiger partial charge is 0.480 e. The van der Waals surface area contributed by atoms with Gasteiger partial charge in [0.1, 0.15) is 5.54 Å². The molecule has 1 rings (SSSR count). The normalized spacial score (nSPS) is 13.3. The quantitative estimate of drug-likeness (QED) is 0.727. The Balaban J connectivity index is 2.54. The predicted molar refractivity (Wildman–Crippen MR) is 73.1 cm³/mol. The van der Waals surface area contributed by atoms with Crippen LogP contribution in [0.1, 0.15) is 38.1 Å². The zero-order valence-electron chi connectivity index (χ0n) is 11.9. The Hall–Kier alpha value is -2.18. The van der Waals surface area contributed by atoms with E-state index < -0.39 is 17.5 Å². The summed E-state index contributed by atoms with van der Waals surface area (Å²) in [6, 6.07) is -0.536. The first-order chi connectivity index (χ1) is 9.37. The Morgan fingerprint density at radius 3 is 2.55 bits per heavy atom. The smallest absolute Gasteiger partial charge is 0.329 e. The van der Waals surface area contributed by atoms with Crippen molar-refractivity contribution in [1.82, 2.24) is 20.6 Å². The molecule has 1 atom stereocenters. The van der Waals surface area contributed by atoms with E-state index in [-0.39, 0.29) is 6.54 Å². The zero-order valence-corrected chi connectivity index (χ0v) is 11.9. The highest BCUT2D eigenvalue weighted by Crippen LogP contribution is 2.12. The van der Waals surface area contributed by atoms with Crippen LogP contribution in [0.25, 0.3) is 0 Å². The minimum Gasteiger partial charge on any atom is -0.480 e. The molecule has 0 fully saturated rings. The highest BCUT2D eigenvalue weighted by Gasteiger charge is 2.33. The Morgan fingerprint density at radius 1 is 1.35 bits per heavy atom. The molecule has 1 heterocycles. The van der Waals surface area contributed by atoms with Gasteiger partial charge in [0.05, 0.1) is 24.1 Å². The van der Waals surface area contributed by atoms with Crippen molar-refractivity contribution < 1.29 is 14.7 Å². The van der Waals surface area contributed by atoms with E-state index in [9.17, 15) is 9.59 Å². The number of rotatable bonds is 6. The number of amides is 2. The summed E-state index contributed by atoms with van der Waals surface area (Å²) in [5.41, 5.74) is 0.135. The first kappa shape index (κ1) is 15.9. The van der Waals surface area contributed by atoms with Gasteiger partial charge in [-0.25, -0.2) is 9.59 Å². The lowest BCUT2D eigenvalue weighted by atomic mass is 9.97. The highest BCUT2D eigenvalue weighted by molar-refractivity contribution is 5.85. The van der Waals surface area contributed by atoms with E-state index in [2.05, 4.69) is 20.6 Å². The van der Waals surface area contributed by atoms with E-state index in [0.29, 0.717) is 18.5 Å². The molecule has 110 valence electrons. The van der Waals surface area contributed by atoms with E-state index in [4.69, 9.17) is 5.11 Å². The van der Waals surface area contributed by atoms with Crippen molar-refractivity contribution in [1.29, 1.82) is 0 Å². The van der Waals surface area contributed by atoms with Crippen molar-refractivity contribution >= 4 is 12.0 Å². The highest BCUT2D eigenvalue weighted by atomic mass is 16.4. The van der Waals surface area contributed by atoms with Gasteiger partial charge < -0.3 is 15.7 Å². The first-order valence-electron chi connectivity index (χ1n) is 6.44. The lowest BCUT2D eigenvalue weighted by molar-refractivity contribution is -0.144. The van der Waals surface area contributed by atoms with Crippen molar-refractivity contribution in [2.75, 3.05) is 0 Å². The van der Waals surface area contributed by atoms with E-state index in [0.717, 1.165) is 5.69 Å². The number of carboxylic acids is 1. The van der Waals surface area contributed by atoms with Crippen LogP contribution in [0.2, 0.25) is 0 Å². The standard InChI is InChI=1S/C13H20N4O3/c1-4-5-13(3,11(18)19)17-12(20)16-8-10-7-14-9(2)6-15-10/h6-7H,4-5,8H2,1-3H3,(H,18,19)(H2,16,17,20). The molecule has 0 spiro atoms. The summed E-state index contributed by atoms with van der Waals surface area (Å²) >= 11 is 0. The maximum atomic E-state index is 11.7. The van der Waals surface area contributed by atoms with Gasteiger partial charge in [0, 0.05) is 6.20 Å². The number of aliphatic carboxylic acids is 1. The molecule has 0 saturated carbocycles. The van der Waals surface area contributed by atoms with Crippen LogP contribution >= 0.6 is 0 Å². The third kappa shape index (κ3) is 4.49. The SMILES string of the molecule is CCCC(C)(NC(=O)NCc1cnc(C)cn1)C(=O)O. The molecular weight excluding hydrogens is 260 g/mol. The average molecular weight is 280 g/mol. The molecule has 7 heteroatoms. The lowest BCUT2D eigenvalue weighted by Crippen LogP contribution is -2.55. The summed E-state index contributed by atoms with van der Waals surface area (Å²) in [6.45, 7) is 5.37. The van der Waals surface area contributed by atoms with Gasteiger partial charge in [0.15, 0.2) is 0 Å². The molecule has 1 aromatic rings. The molecule has 0 aliphatic carbocycles. The van der Waals surface area contributed by atoms with Gasteiger partial charge >= 0.3 is 12.0 Å². The summed E-state index contributed by atoms with van der Waals surface area (Å²) < 4.78 is 0. The Kier molecular flexibility index (Phi) is 5.42. The lowest BCUT2D eigenvalue weighted by Gasteiger charge is -2.25. The van der Waals surface area contributed by atoms with Gasteiger partial charge in [-0.1, -0.05) is 13.3 Å². The van der Waals surface area contributed by atoms with E-state index in [1.165, 1.54) is 6.92 Å². The fourth-order valence-corrected chi connectivity index (χ4v) is 1.70. The number of carboxylic acid groups (broad SMARTS) is 1. The van der Waals surface area contributed by atoms with Crippen LogP contribution in [0.3, 0.4) is 0 Å². The van der Waals surface area contributed by atoms with Gasteiger partial charge in [-0.15, -0.1) is 0 Å². The van der Waals surface area contributed by atoms with Crippen LogP contribution in [-0.4, -0.2) is 32.6 Å². The number of carbonyl (C=O) groups is 2. The van der Waals surface area contributed by atoms with Crippen molar-refractivity contribution in [2.24, 2.45) is 0 Å². The summed E-state index contributed by atoms with van der Waals surface area (Å²) in [4.78, 5) is 31.1. The van der Waals surface area contributed by atoms with Crippen LogP contribution in [0.15, 0.2) is 12.4 Å². The average Bonchev–Trinajstić information content (AvgIpc) is 2.38.